The molecule has 2 fully saturated rings. The van der Waals surface area contributed by atoms with Crippen LogP contribution in [0.3, 0.4) is 0 Å². The molecule has 0 aromatic heterocycles. The van der Waals surface area contributed by atoms with E-state index < -0.39 is 47.5 Å². The molecule has 3 aliphatic heterocycles. The van der Waals surface area contributed by atoms with Gasteiger partial charge < -0.3 is 15.0 Å². The molecule has 0 spiro atoms. The van der Waals surface area contributed by atoms with E-state index in [1.54, 1.807) is 29.3 Å². The Morgan fingerprint density at radius 1 is 1.00 bits per heavy atom. The fourth-order valence-corrected chi connectivity index (χ4v) is 5.86. The number of hydrogen-bond donors (Lipinski definition) is 1. The number of ether oxygens (including phenoxy) is 1. The predicted octanol–water partition coefficient (Wildman–Crippen LogP) is 4.64. The van der Waals surface area contributed by atoms with E-state index in [1.165, 1.54) is 31.4 Å². The van der Waals surface area contributed by atoms with E-state index in [9.17, 15) is 18.8 Å². The molecule has 3 aromatic rings. The summed E-state index contributed by atoms with van der Waals surface area (Å²) in [6.45, 7) is 0. The first kappa shape index (κ1) is 23.2. The minimum Gasteiger partial charge on any atom is -0.495 e. The summed E-state index contributed by atoms with van der Waals surface area (Å²) in [5.41, 5.74) is 2.40. The van der Waals surface area contributed by atoms with Crippen LogP contribution in [-0.2, 0) is 14.4 Å². The van der Waals surface area contributed by atoms with Crippen molar-refractivity contribution in [1.82, 2.24) is 4.90 Å². The molecule has 6 rings (SSSR count). The van der Waals surface area contributed by atoms with Crippen molar-refractivity contribution in [3.8, 4) is 5.75 Å². The highest BCUT2D eigenvalue weighted by Crippen LogP contribution is 2.53. The van der Waals surface area contributed by atoms with Gasteiger partial charge in [-0.2, -0.15) is 0 Å². The number of fused-ring (bicyclic) bond motifs is 5. The molecule has 4 atom stereocenters. The van der Waals surface area contributed by atoms with Gasteiger partial charge in [0.05, 0.1) is 36.4 Å². The average Bonchev–Trinajstić information content (AvgIpc) is 3.37. The fourth-order valence-electron chi connectivity index (χ4n) is 5.69. The zero-order valence-corrected chi connectivity index (χ0v) is 20.4. The number of imide groups is 1. The van der Waals surface area contributed by atoms with Gasteiger partial charge in [0, 0.05) is 11.2 Å². The van der Waals surface area contributed by atoms with Crippen molar-refractivity contribution in [2.75, 3.05) is 17.3 Å². The molecule has 0 saturated carbocycles. The van der Waals surface area contributed by atoms with E-state index in [-0.39, 0.29) is 5.69 Å². The minimum absolute atomic E-state index is 0.271. The molecule has 186 valence electrons. The molecule has 3 amide bonds. The van der Waals surface area contributed by atoms with Crippen LogP contribution in [0.1, 0.15) is 17.2 Å². The van der Waals surface area contributed by atoms with Gasteiger partial charge in [-0.3, -0.25) is 14.4 Å². The lowest BCUT2D eigenvalue weighted by Gasteiger charge is -2.35. The highest BCUT2D eigenvalue weighted by molar-refractivity contribution is 6.31. The van der Waals surface area contributed by atoms with Crippen LogP contribution in [0.5, 0.6) is 5.75 Å². The molecular weight excluding hydrogens is 497 g/mol. The third-order valence-electron chi connectivity index (χ3n) is 7.23. The largest absolute Gasteiger partial charge is 0.495 e. The number of rotatable bonds is 4. The smallest absolute Gasteiger partial charge is 0.248 e. The molecule has 0 unspecified atom stereocenters. The monoisotopic (exact) mass is 517 g/mol. The van der Waals surface area contributed by atoms with E-state index in [4.69, 9.17) is 16.3 Å². The normalized spacial score (nSPS) is 23.5. The van der Waals surface area contributed by atoms with E-state index in [0.717, 1.165) is 16.0 Å². The number of methoxy groups -OCH3 is 1. The maximum Gasteiger partial charge on any atom is 0.248 e. The number of benzene rings is 3. The van der Waals surface area contributed by atoms with Crippen molar-refractivity contribution in [1.29, 1.82) is 0 Å². The lowest BCUT2D eigenvalue weighted by Crippen LogP contribution is -2.46. The number of hydrogen-bond acceptors (Lipinski definition) is 5. The molecule has 3 aromatic carbocycles. The number of anilines is 2. The number of carbonyl (C=O) groups is 3. The summed E-state index contributed by atoms with van der Waals surface area (Å²) in [4.78, 5) is 44.3. The number of amides is 3. The molecular formula is C28H21ClFN3O4. The highest BCUT2D eigenvalue weighted by Gasteiger charge is 2.64. The lowest BCUT2D eigenvalue weighted by molar-refractivity contribution is -0.128. The van der Waals surface area contributed by atoms with Crippen LogP contribution in [0.2, 0.25) is 5.02 Å². The number of nitrogens with one attached hydrogen (secondary N) is 1. The second kappa shape index (κ2) is 8.74. The molecule has 9 heteroatoms. The Morgan fingerprint density at radius 3 is 2.49 bits per heavy atom. The zero-order valence-electron chi connectivity index (χ0n) is 19.6. The van der Waals surface area contributed by atoms with Gasteiger partial charge in [0.2, 0.25) is 17.7 Å². The van der Waals surface area contributed by atoms with Crippen molar-refractivity contribution in [2.45, 2.75) is 12.1 Å². The summed E-state index contributed by atoms with van der Waals surface area (Å²) < 4.78 is 18.9. The van der Waals surface area contributed by atoms with Gasteiger partial charge in [-0.1, -0.05) is 35.9 Å². The number of carbonyl (C=O) groups excluding carboxylic acids is 3. The van der Waals surface area contributed by atoms with E-state index in [0.29, 0.717) is 16.5 Å². The Bertz CT molecular complexity index is 1470. The maximum absolute atomic E-state index is 13.8. The zero-order chi connectivity index (χ0) is 25.8. The summed E-state index contributed by atoms with van der Waals surface area (Å²) in [5.74, 6) is -3.22. The fraction of sp³-hybridized carbons (Fsp3) is 0.179. The topological polar surface area (TPSA) is 79.0 Å². The van der Waals surface area contributed by atoms with Crippen LogP contribution in [0, 0.1) is 17.7 Å². The lowest BCUT2D eigenvalue weighted by atomic mass is 9.84. The van der Waals surface area contributed by atoms with Crippen LogP contribution in [0.25, 0.3) is 6.08 Å². The average molecular weight is 518 g/mol. The van der Waals surface area contributed by atoms with Crippen molar-refractivity contribution in [3.05, 3.63) is 94.9 Å². The molecule has 3 heterocycles. The summed E-state index contributed by atoms with van der Waals surface area (Å²) in [6.07, 6.45) is 3.65. The van der Waals surface area contributed by atoms with E-state index in [2.05, 4.69) is 5.32 Å². The SMILES string of the molecule is COc1ccc(Cl)cc1NC(=O)[C@@H]1[C@@H]2C(=O)N(c3ccc(F)cc3)C(=O)[C@@H]2[C@H]2c3ccccc3C=CN12. The van der Waals surface area contributed by atoms with Gasteiger partial charge in [-0.05, 0) is 59.7 Å². The molecule has 0 radical (unpaired) electrons. The van der Waals surface area contributed by atoms with E-state index in [1.807, 2.05) is 30.3 Å². The molecule has 2 saturated heterocycles. The molecule has 37 heavy (non-hydrogen) atoms. The van der Waals surface area contributed by atoms with Gasteiger partial charge in [-0.15, -0.1) is 0 Å². The van der Waals surface area contributed by atoms with Crippen molar-refractivity contribution < 1.29 is 23.5 Å². The first-order valence-electron chi connectivity index (χ1n) is 11.7. The van der Waals surface area contributed by atoms with Gasteiger partial charge in [0.1, 0.15) is 17.6 Å². The van der Waals surface area contributed by atoms with Gasteiger partial charge in [0.15, 0.2) is 0 Å². The molecule has 1 N–H and O–H groups in total. The quantitative estimate of drug-likeness (QED) is 0.510. The van der Waals surface area contributed by atoms with Crippen LogP contribution < -0.4 is 15.0 Å². The van der Waals surface area contributed by atoms with Crippen molar-refractivity contribution in [2.24, 2.45) is 11.8 Å². The van der Waals surface area contributed by atoms with Crippen molar-refractivity contribution in [3.63, 3.8) is 0 Å². The van der Waals surface area contributed by atoms with Crippen LogP contribution in [-0.4, -0.2) is 35.8 Å². The third kappa shape index (κ3) is 3.59. The Balaban J connectivity index is 1.44. The summed E-state index contributed by atoms with van der Waals surface area (Å²) in [6, 6.07) is 16.1. The van der Waals surface area contributed by atoms with Crippen LogP contribution in [0.15, 0.2) is 72.9 Å². The first-order valence-corrected chi connectivity index (χ1v) is 12.1. The second-order valence-electron chi connectivity index (χ2n) is 9.16. The third-order valence-corrected chi connectivity index (χ3v) is 7.47. The van der Waals surface area contributed by atoms with Gasteiger partial charge in [0.25, 0.3) is 0 Å². The summed E-state index contributed by atoms with van der Waals surface area (Å²) >= 11 is 6.15. The molecule has 0 aliphatic carbocycles. The summed E-state index contributed by atoms with van der Waals surface area (Å²) in [5, 5.41) is 3.26. The Morgan fingerprint density at radius 2 is 1.73 bits per heavy atom. The first-order chi connectivity index (χ1) is 17.9. The Kier molecular flexibility index (Phi) is 5.49. The predicted molar refractivity (Wildman–Crippen MR) is 136 cm³/mol. The Hall–Kier alpha value is -4.17. The highest BCUT2D eigenvalue weighted by atomic mass is 35.5. The number of nitrogens with zero attached hydrogens (tertiary/aromatic N) is 2. The standard InChI is InChI=1S/C28H21ClFN3O4/c1-37-21-11-6-16(29)14-20(21)31-26(34)25-23-22(24-19-5-3-2-4-15(19)12-13-32(24)25)27(35)33(28(23)36)18-9-7-17(30)8-10-18/h2-14,22-25H,1H3,(H,31,34)/t22-,23+,24+,25-/m0/s1. The minimum atomic E-state index is -0.981. The van der Waals surface area contributed by atoms with Crippen LogP contribution >= 0.6 is 11.6 Å². The second-order valence-corrected chi connectivity index (χ2v) is 9.59. The van der Waals surface area contributed by atoms with Crippen LogP contribution in [0.4, 0.5) is 15.8 Å². The van der Waals surface area contributed by atoms with E-state index >= 15 is 0 Å². The maximum atomic E-state index is 13.8. The number of halogens is 2. The van der Waals surface area contributed by atoms with Gasteiger partial charge >= 0.3 is 0 Å². The molecule has 7 nitrogen and oxygen atoms in total. The van der Waals surface area contributed by atoms with Gasteiger partial charge in [-0.25, -0.2) is 9.29 Å². The summed E-state index contributed by atoms with van der Waals surface area (Å²) in [7, 11) is 1.48. The van der Waals surface area contributed by atoms with Crippen molar-refractivity contribution >= 4 is 46.8 Å². The molecule has 3 aliphatic rings. The molecule has 0 bridgehead atoms. The Labute approximate surface area is 217 Å².